The standard InChI is InChI=1S/C17H22N2O2/c1-13-9-15-6-2-3-7-16(15)19(13)11-17(20)18-10-14-5-4-8-21-12-14/h2-3,6-7,9,14H,4-5,8,10-12H2,1H3,(H,18,20)/t14-/m0/s1. The van der Waals surface area contributed by atoms with Gasteiger partial charge in [-0.25, -0.2) is 0 Å². The fourth-order valence-corrected chi connectivity index (χ4v) is 2.98. The molecule has 0 spiro atoms. The summed E-state index contributed by atoms with van der Waals surface area (Å²) in [5.74, 6) is 0.537. The van der Waals surface area contributed by atoms with Crippen LogP contribution in [0.2, 0.25) is 0 Å². The number of carbonyl (C=O) groups is 1. The molecule has 4 nitrogen and oxygen atoms in total. The fourth-order valence-electron chi connectivity index (χ4n) is 2.98. The third-order valence-corrected chi connectivity index (χ3v) is 4.16. The number of amides is 1. The van der Waals surface area contributed by atoms with Crippen molar-refractivity contribution in [3.63, 3.8) is 0 Å². The molecule has 1 aliphatic rings. The summed E-state index contributed by atoms with van der Waals surface area (Å²) in [6, 6.07) is 10.3. The molecule has 0 radical (unpaired) electrons. The summed E-state index contributed by atoms with van der Waals surface area (Å²) in [5, 5.41) is 4.23. The number of hydrogen-bond acceptors (Lipinski definition) is 2. The predicted octanol–water partition coefficient (Wildman–Crippen LogP) is 2.49. The summed E-state index contributed by atoms with van der Waals surface area (Å²) < 4.78 is 7.51. The summed E-state index contributed by atoms with van der Waals surface area (Å²) in [4.78, 5) is 12.2. The van der Waals surface area contributed by atoms with Crippen LogP contribution in [0.15, 0.2) is 30.3 Å². The lowest BCUT2D eigenvalue weighted by molar-refractivity contribution is -0.122. The number of ether oxygens (including phenoxy) is 1. The van der Waals surface area contributed by atoms with Gasteiger partial charge in [0.15, 0.2) is 0 Å². The molecule has 1 fully saturated rings. The number of aryl methyl sites for hydroxylation is 1. The Morgan fingerprint density at radius 3 is 3.10 bits per heavy atom. The zero-order chi connectivity index (χ0) is 14.7. The van der Waals surface area contributed by atoms with Crippen molar-refractivity contribution in [3.8, 4) is 0 Å². The summed E-state index contributed by atoms with van der Waals surface area (Å²) in [6.07, 6.45) is 2.24. The Morgan fingerprint density at radius 2 is 2.29 bits per heavy atom. The van der Waals surface area contributed by atoms with Crippen molar-refractivity contribution in [1.82, 2.24) is 9.88 Å². The summed E-state index contributed by atoms with van der Waals surface area (Å²) in [5.41, 5.74) is 2.23. The lowest BCUT2D eigenvalue weighted by atomic mass is 10.0. The van der Waals surface area contributed by atoms with Gasteiger partial charge in [0.1, 0.15) is 6.54 Å². The number of carbonyl (C=O) groups excluding carboxylic acids is 1. The molecule has 2 heterocycles. The zero-order valence-electron chi connectivity index (χ0n) is 12.5. The number of nitrogens with one attached hydrogen (secondary N) is 1. The molecule has 3 rings (SSSR count). The second-order valence-electron chi connectivity index (χ2n) is 5.82. The second kappa shape index (κ2) is 6.31. The largest absolute Gasteiger partial charge is 0.381 e. The van der Waals surface area contributed by atoms with E-state index in [-0.39, 0.29) is 5.91 Å². The van der Waals surface area contributed by atoms with Crippen LogP contribution in [0, 0.1) is 12.8 Å². The molecule has 21 heavy (non-hydrogen) atoms. The Bertz CT molecular complexity index is 627. The van der Waals surface area contributed by atoms with Gasteiger partial charge in [0.05, 0.1) is 6.61 Å². The van der Waals surface area contributed by atoms with Crippen molar-refractivity contribution in [1.29, 1.82) is 0 Å². The fraction of sp³-hybridized carbons (Fsp3) is 0.471. The summed E-state index contributed by atoms with van der Waals surface area (Å²) in [6.45, 7) is 4.77. The molecule has 1 aromatic carbocycles. The first-order valence-electron chi connectivity index (χ1n) is 7.63. The highest BCUT2D eigenvalue weighted by atomic mass is 16.5. The van der Waals surface area contributed by atoms with Gasteiger partial charge in [-0.15, -0.1) is 0 Å². The molecule has 1 amide bonds. The molecule has 0 aliphatic carbocycles. The minimum Gasteiger partial charge on any atom is -0.381 e. The first-order chi connectivity index (χ1) is 10.2. The quantitative estimate of drug-likeness (QED) is 0.938. The SMILES string of the molecule is Cc1cc2ccccc2n1CC(=O)NC[C@@H]1CCCOC1. The topological polar surface area (TPSA) is 43.3 Å². The van der Waals surface area contributed by atoms with E-state index in [0.29, 0.717) is 12.5 Å². The van der Waals surface area contributed by atoms with E-state index in [4.69, 9.17) is 4.74 Å². The first kappa shape index (κ1) is 14.1. The van der Waals surface area contributed by atoms with E-state index in [0.717, 1.165) is 43.8 Å². The van der Waals surface area contributed by atoms with Crippen LogP contribution >= 0.6 is 0 Å². The van der Waals surface area contributed by atoms with E-state index in [1.807, 2.05) is 19.1 Å². The highest BCUT2D eigenvalue weighted by Crippen LogP contribution is 2.19. The molecule has 0 unspecified atom stereocenters. The molecule has 112 valence electrons. The van der Waals surface area contributed by atoms with Gasteiger partial charge in [-0.05, 0) is 43.2 Å². The van der Waals surface area contributed by atoms with Crippen molar-refractivity contribution in [2.24, 2.45) is 5.92 Å². The van der Waals surface area contributed by atoms with Gasteiger partial charge >= 0.3 is 0 Å². The highest BCUT2D eigenvalue weighted by Gasteiger charge is 2.15. The maximum atomic E-state index is 12.2. The molecule has 0 bridgehead atoms. The molecular weight excluding hydrogens is 264 g/mol. The van der Waals surface area contributed by atoms with Gasteiger partial charge in [0.2, 0.25) is 5.91 Å². The number of fused-ring (bicyclic) bond motifs is 1. The second-order valence-corrected chi connectivity index (χ2v) is 5.82. The Labute approximate surface area is 125 Å². The molecule has 1 aliphatic heterocycles. The summed E-state index contributed by atoms with van der Waals surface area (Å²) >= 11 is 0. The van der Waals surface area contributed by atoms with Crippen LogP contribution in [0.3, 0.4) is 0 Å². The third kappa shape index (κ3) is 3.27. The number of para-hydroxylation sites is 1. The first-order valence-corrected chi connectivity index (χ1v) is 7.63. The Kier molecular flexibility index (Phi) is 4.25. The average Bonchev–Trinajstić information content (AvgIpc) is 2.82. The molecular formula is C17H22N2O2. The van der Waals surface area contributed by atoms with Crippen LogP contribution in [-0.4, -0.2) is 30.2 Å². The molecule has 1 N–H and O–H groups in total. The van der Waals surface area contributed by atoms with Gasteiger partial charge in [-0.1, -0.05) is 18.2 Å². The molecule has 1 atom stereocenters. The van der Waals surface area contributed by atoms with Gasteiger partial charge in [-0.2, -0.15) is 0 Å². The monoisotopic (exact) mass is 286 g/mol. The van der Waals surface area contributed by atoms with Crippen molar-refractivity contribution in [3.05, 3.63) is 36.0 Å². The number of rotatable bonds is 4. The lowest BCUT2D eigenvalue weighted by Crippen LogP contribution is -2.35. The van der Waals surface area contributed by atoms with Crippen molar-refractivity contribution in [2.45, 2.75) is 26.3 Å². The van der Waals surface area contributed by atoms with E-state index in [1.165, 1.54) is 5.39 Å². The van der Waals surface area contributed by atoms with Crippen LogP contribution in [0.25, 0.3) is 10.9 Å². The molecule has 0 saturated carbocycles. The molecule has 1 saturated heterocycles. The van der Waals surface area contributed by atoms with Gasteiger partial charge in [0.25, 0.3) is 0 Å². The van der Waals surface area contributed by atoms with Crippen LogP contribution in [0.1, 0.15) is 18.5 Å². The van der Waals surface area contributed by atoms with Crippen molar-refractivity contribution in [2.75, 3.05) is 19.8 Å². The number of benzene rings is 1. The normalized spacial score (nSPS) is 18.8. The van der Waals surface area contributed by atoms with E-state index in [9.17, 15) is 4.79 Å². The maximum Gasteiger partial charge on any atom is 0.239 e. The Morgan fingerprint density at radius 1 is 1.43 bits per heavy atom. The Balaban J connectivity index is 1.62. The minimum atomic E-state index is 0.0741. The van der Waals surface area contributed by atoms with Crippen molar-refractivity contribution < 1.29 is 9.53 Å². The smallest absolute Gasteiger partial charge is 0.239 e. The van der Waals surface area contributed by atoms with Gasteiger partial charge in [-0.3, -0.25) is 4.79 Å². The lowest BCUT2D eigenvalue weighted by Gasteiger charge is -2.22. The van der Waals surface area contributed by atoms with Crippen molar-refractivity contribution >= 4 is 16.8 Å². The van der Waals surface area contributed by atoms with Crippen LogP contribution in [0.5, 0.6) is 0 Å². The Hall–Kier alpha value is -1.81. The average molecular weight is 286 g/mol. The predicted molar refractivity (Wildman–Crippen MR) is 83.2 cm³/mol. The van der Waals surface area contributed by atoms with E-state index in [1.54, 1.807) is 0 Å². The van der Waals surface area contributed by atoms with E-state index < -0.39 is 0 Å². The summed E-state index contributed by atoms with van der Waals surface area (Å²) in [7, 11) is 0. The number of nitrogens with zero attached hydrogens (tertiary/aromatic N) is 1. The van der Waals surface area contributed by atoms with Crippen LogP contribution in [-0.2, 0) is 16.1 Å². The molecule has 2 aromatic rings. The molecule has 4 heteroatoms. The minimum absolute atomic E-state index is 0.0741. The van der Waals surface area contributed by atoms with Gasteiger partial charge < -0.3 is 14.6 Å². The van der Waals surface area contributed by atoms with Crippen LogP contribution in [0.4, 0.5) is 0 Å². The zero-order valence-corrected chi connectivity index (χ0v) is 12.5. The van der Waals surface area contributed by atoms with Gasteiger partial charge in [0, 0.05) is 24.4 Å². The van der Waals surface area contributed by atoms with Crippen LogP contribution < -0.4 is 5.32 Å². The highest BCUT2D eigenvalue weighted by molar-refractivity contribution is 5.84. The molecule has 1 aromatic heterocycles. The maximum absolute atomic E-state index is 12.2. The third-order valence-electron chi connectivity index (χ3n) is 4.16. The van der Waals surface area contributed by atoms with E-state index in [2.05, 4.69) is 28.1 Å². The number of hydrogen-bond donors (Lipinski definition) is 1. The van der Waals surface area contributed by atoms with E-state index >= 15 is 0 Å². The number of aromatic nitrogens is 1.